The molecule has 2 aliphatic rings. The highest BCUT2D eigenvalue weighted by Crippen LogP contribution is 2.35. The van der Waals surface area contributed by atoms with E-state index < -0.39 is 5.60 Å². The highest BCUT2D eigenvalue weighted by molar-refractivity contribution is 5.67. The molecule has 156 valence electrons. The third-order valence-corrected chi connectivity index (χ3v) is 4.83. The number of ether oxygens (including phenoxy) is 4. The fourth-order valence-corrected chi connectivity index (χ4v) is 3.53. The summed E-state index contributed by atoms with van der Waals surface area (Å²) in [6, 6.07) is 6.01. The number of rotatable bonds is 7. The standard InChI is InChI=1S/C21H32N2O5/c1-21(2,3)28-20(24)22-14-16-7-4-5-10-23(16)11-6-12-25-17-8-9-18-19(13-17)27-15-26-18/h8-9,13,16H,4-7,10-12,14-15H2,1-3H3,(H,22,24). The first kappa shape index (κ1) is 20.6. The number of likely N-dealkylation sites (tertiary alicyclic amines) is 1. The Balaban J connectivity index is 1.39. The number of carbonyl (C=O) groups is 1. The van der Waals surface area contributed by atoms with Crippen molar-refractivity contribution in [2.75, 3.05) is 33.0 Å². The summed E-state index contributed by atoms with van der Waals surface area (Å²) in [6.07, 6.45) is 4.08. The van der Waals surface area contributed by atoms with Crippen molar-refractivity contribution in [1.29, 1.82) is 0 Å². The van der Waals surface area contributed by atoms with Gasteiger partial charge in [-0.15, -0.1) is 0 Å². The molecule has 1 aromatic rings. The van der Waals surface area contributed by atoms with Gasteiger partial charge in [0.2, 0.25) is 6.79 Å². The number of carbonyl (C=O) groups excluding carboxylic acids is 1. The summed E-state index contributed by atoms with van der Waals surface area (Å²) >= 11 is 0. The molecule has 1 fully saturated rings. The summed E-state index contributed by atoms with van der Waals surface area (Å²) in [6.45, 7) is 9.17. The van der Waals surface area contributed by atoms with Crippen LogP contribution < -0.4 is 19.5 Å². The zero-order valence-electron chi connectivity index (χ0n) is 17.2. The molecule has 2 heterocycles. The number of hydrogen-bond donors (Lipinski definition) is 1. The average molecular weight is 392 g/mol. The van der Waals surface area contributed by atoms with E-state index in [0.29, 0.717) is 19.2 Å². The molecule has 3 rings (SSSR count). The highest BCUT2D eigenvalue weighted by atomic mass is 16.7. The Bertz CT molecular complexity index is 659. The Labute approximate surface area is 167 Å². The Kier molecular flexibility index (Phi) is 6.88. The predicted molar refractivity (Wildman–Crippen MR) is 106 cm³/mol. The highest BCUT2D eigenvalue weighted by Gasteiger charge is 2.24. The molecule has 7 nitrogen and oxygen atoms in total. The zero-order chi connectivity index (χ0) is 20.0. The van der Waals surface area contributed by atoms with Crippen molar-refractivity contribution in [3.8, 4) is 17.2 Å². The average Bonchev–Trinajstić information content (AvgIpc) is 3.11. The van der Waals surface area contributed by atoms with E-state index in [1.165, 1.54) is 12.8 Å². The van der Waals surface area contributed by atoms with Crippen molar-refractivity contribution in [2.24, 2.45) is 0 Å². The van der Waals surface area contributed by atoms with Crippen LogP contribution in [0.25, 0.3) is 0 Å². The van der Waals surface area contributed by atoms with Crippen LogP contribution in [0, 0.1) is 0 Å². The second-order valence-electron chi connectivity index (χ2n) is 8.29. The van der Waals surface area contributed by atoms with Crippen LogP contribution in [0.1, 0.15) is 46.5 Å². The summed E-state index contributed by atoms with van der Waals surface area (Å²) in [4.78, 5) is 14.4. The van der Waals surface area contributed by atoms with E-state index in [1.54, 1.807) is 0 Å². The normalized spacial score (nSPS) is 19.3. The largest absolute Gasteiger partial charge is 0.493 e. The van der Waals surface area contributed by atoms with Gasteiger partial charge in [0.25, 0.3) is 0 Å². The van der Waals surface area contributed by atoms with E-state index in [-0.39, 0.29) is 12.9 Å². The monoisotopic (exact) mass is 392 g/mol. The van der Waals surface area contributed by atoms with Gasteiger partial charge in [-0.2, -0.15) is 0 Å². The van der Waals surface area contributed by atoms with Gasteiger partial charge in [0.15, 0.2) is 11.5 Å². The molecule has 7 heteroatoms. The van der Waals surface area contributed by atoms with Crippen LogP contribution in [0.3, 0.4) is 0 Å². The van der Waals surface area contributed by atoms with Gasteiger partial charge >= 0.3 is 6.09 Å². The lowest BCUT2D eigenvalue weighted by Crippen LogP contribution is -2.47. The molecule has 0 saturated carbocycles. The lowest BCUT2D eigenvalue weighted by molar-refractivity contribution is 0.0493. The second-order valence-corrected chi connectivity index (χ2v) is 8.29. The van der Waals surface area contributed by atoms with Crippen LogP contribution in [-0.4, -0.2) is 55.7 Å². The SMILES string of the molecule is CC(C)(C)OC(=O)NCC1CCCCN1CCCOc1ccc2c(c1)OCO2. The minimum absolute atomic E-state index is 0.270. The van der Waals surface area contributed by atoms with E-state index in [4.69, 9.17) is 18.9 Å². The number of hydrogen-bond acceptors (Lipinski definition) is 6. The Morgan fingerprint density at radius 1 is 1.25 bits per heavy atom. The third kappa shape index (κ3) is 6.19. The predicted octanol–water partition coefficient (Wildman–Crippen LogP) is 3.56. The summed E-state index contributed by atoms with van der Waals surface area (Å²) in [5, 5.41) is 2.92. The van der Waals surface area contributed by atoms with Crippen LogP contribution in [0.5, 0.6) is 17.2 Å². The minimum atomic E-state index is -0.470. The molecule has 0 radical (unpaired) electrons. The maximum atomic E-state index is 11.9. The van der Waals surface area contributed by atoms with Gasteiger partial charge in [-0.1, -0.05) is 6.42 Å². The minimum Gasteiger partial charge on any atom is -0.493 e. The van der Waals surface area contributed by atoms with Gasteiger partial charge < -0.3 is 24.3 Å². The van der Waals surface area contributed by atoms with Gasteiger partial charge in [-0.05, 0) is 58.7 Å². The lowest BCUT2D eigenvalue weighted by atomic mass is 10.0. The van der Waals surface area contributed by atoms with E-state index in [9.17, 15) is 4.79 Å². The van der Waals surface area contributed by atoms with Crippen molar-refractivity contribution in [3.05, 3.63) is 18.2 Å². The number of amides is 1. The number of nitrogens with one attached hydrogen (secondary N) is 1. The number of benzene rings is 1. The Morgan fingerprint density at radius 3 is 2.89 bits per heavy atom. The van der Waals surface area contributed by atoms with Crippen molar-refractivity contribution in [1.82, 2.24) is 10.2 Å². The maximum absolute atomic E-state index is 11.9. The van der Waals surface area contributed by atoms with Crippen LogP contribution in [0.2, 0.25) is 0 Å². The quantitative estimate of drug-likeness (QED) is 0.716. The van der Waals surface area contributed by atoms with Crippen LogP contribution >= 0.6 is 0 Å². The van der Waals surface area contributed by atoms with Gasteiger partial charge in [-0.25, -0.2) is 4.79 Å². The summed E-state index contributed by atoms with van der Waals surface area (Å²) < 4.78 is 21.9. The van der Waals surface area contributed by atoms with Gasteiger partial charge in [-0.3, -0.25) is 4.90 Å². The molecule has 0 spiro atoms. The Hall–Kier alpha value is -2.15. The van der Waals surface area contributed by atoms with Gasteiger partial charge in [0.1, 0.15) is 11.4 Å². The Morgan fingerprint density at radius 2 is 2.07 bits per heavy atom. The van der Waals surface area contributed by atoms with E-state index >= 15 is 0 Å². The first-order valence-corrected chi connectivity index (χ1v) is 10.1. The third-order valence-electron chi connectivity index (χ3n) is 4.83. The molecular weight excluding hydrogens is 360 g/mol. The number of piperidine rings is 1. The molecule has 2 aliphatic heterocycles. The summed E-state index contributed by atoms with van der Waals surface area (Å²) in [5.41, 5.74) is -0.470. The van der Waals surface area contributed by atoms with Crippen LogP contribution in [-0.2, 0) is 4.74 Å². The molecule has 0 aliphatic carbocycles. The van der Waals surface area contributed by atoms with Crippen molar-refractivity contribution in [2.45, 2.75) is 58.1 Å². The van der Waals surface area contributed by atoms with E-state index in [1.807, 2.05) is 39.0 Å². The fraction of sp³-hybridized carbons (Fsp3) is 0.667. The zero-order valence-corrected chi connectivity index (χ0v) is 17.2. The first-order valence-electron chi connectivity index (χ1n) is 10.1. The molecule has 1 N–H and O–H groups in total. The second kappa shape index (κ2) is 9.37. The van der Waals surface area contributed by atoms with Crippen molar-refractivity contribution >= 4 is 6.09 Å². The molecule has 0 aromatic heterocycles. The number of nitrogens with zero attached hydrogens (tertiary/aromatic N) is 1. The van der Waals surface area contributed by atoms with Crippen LogP contribution in [0.4, 0.5) is 4.79 Å². The summed E-state index contributed by atoms with van der Waals surface area (Å²) in [5.74, 6) is 2.30. The molecule has 1 saturated heterocycles. The first-order chi connectivity index (χ1) is 13.4. The topological polar surface area (TPSA) is 69.3 Å². The molecule has 1 atom stereocenters. The van der Waals surface area contributed by atoms with Crippen molar-refractivity contribution < 1.29 is 23.7 Å². The molecule has 1 aromatic carbocycles. The molecule has 28 heavy (non-hydrogen) atoms. The molecule has 1 unspecified atom stereocenters. The maximum Gasteiger partial charge on any atom is 0.407 e. The molecule has 0 bridgehead atoms. The van der Waals surface area contributed by atoms with Gasteiger partial charge in [0.05, 0.1) is 6.61 Å². The summed E-state index contributed by atoms with van der Waals surface area (Å²) in [7, 11) is 0. The van der Waals surface area contributed by atoms with Gasteiger partial charge in [0, 0.05) is 25.2 Å². The van der Waals surface area contributed by atoms with E-state index in [0.717, 1.165) is 43.2 Å². The lowest BCUT2D eigenvalue weighted by Gasteiger charge is -2.36. The van der Waals surface area contributed by atoms with E-state index in [2.05, 4.69) is 10.2 Å². The number of alkyl carbamates (subject to hydrolysis) is 1. The smallest absolute Gasteiger partial charge is 0.407 e. The fourth-order valence-electron chi connectivity index (χ4n) is 3.53. The van der Waals surface area contributed by atoms with Crippen LogP contribution in [0.15, 0.2) is 18.2 Å². The van der Waals surface area contributed by atoms with Crippen molar-refractivity contribution in [3.63, 3.8) is 0 Å². The molecular formula is C21H32N2O5. The molecule has 1 amide bonds. The number of fused-ring (bicyclic) bond motifs is 1.